The number of nitrogens with one attached hydrogen (secondary N) is 1. The average Bonchev–Trinajstić information content (AvgIpc) is 3.36. The Balaban J connectivity index is 1.61. The van der Waals surface area contributed by atoms with Gasteiger partial charge < -0.3 is 9.47 Å². The number of allylic oxidation sites excluding steroid dienone is 1. The van der Waals surface area contributed by atoms with E-state index in [1.54, 1.807) is 26.4 Å². The predicted molar refractivity (Wildman–Crippen MR) is 133 cm³/mol. The number of carbonyl (C=O) groups excluding carboxylic acids is 1. The first-order valence-corrected chi connectivity index (χ1v) is 11.1. The maximum absolute atomic E-state index is 13.5. The summed E-state index contributed by atoms with van der Waals surface area (Å²) < 4.78 is 15.1. The molecule has 0 aliphatic rings. The second-order valence-electron chi connectivity index (χ2n) is 8.10. The van der Waals surface area contributed by atoms with Crippen molar-refractivity contribution < 1.29 is 18.8 Å². The molecule has 170 valence electrons. The standard InChI is InChI=1S/C28H25N3O3/c1-19-26(24(32)17-16-21-12-9-15-25(33-2)27(21)34-3)31-23-14-8-7-13-22(23)30(28(31)29-19)18-20-10-5-4-6-11-20/h4-17H,18H2,1-3H3/p+1/b17-16+. The normalized spacial score (nSPS) is 11.5. The van der Waals surface area contributed by atoms with Crippen LogP contribution in [0.25, 0.3) is 22.9 Å². The molecule has 1 N–H and O–H groups in total. The minimum atomic E-state index is -0.0961. The first-order valence-electron chi connectivity index (χ1n) is 11.1. The van der Waals surface area contributed by atoms with Crippen molar-refractivity contribution in [3.05, 3.63) is 101 Å². The van der Waals surface area contributed by atoms with Crippen LogP contribution in [0.15, 0.2) is 78.9 Å². The minimum Gasteiger partial charge on any atom is -0.493 e. The number of imidazole rings is 2. The van der Waals surface area contributed by atoms with E-state index in [1.165, 1.54) is 5.56 Å². The van der Waals surface area contributed by atoms with E-state index < -0.39 is 0 Å². The lowest BCUT2D eigenvalue weighted by Gasteiger charge is -2.09. The van der Waals surface area contributed by atoms with Gasteiger partial charge in [-0.3, -0.25) is 4.79 Å². The Kier molecular flexibility index (Phi) is 5.64. The lowest BCUT2D eigenvalue weighted by molar-refractivity contribution is -0.638. The van der Waals surface area contributed by atoms with Gasteiger partial charge in [-0.25, -0.2) is 9.55 Å². The molecule has 0 saturated carbocycles. The number of aromatic nitrogens is 3. The zero-order valence-corrected chi connectivity index (χ0v) is 19.4. The Bertz CT molecular complexity index is 1530. The number of ether oxygens (including phenoxy) is 2. The molecule has 0 spiro atoms. The van der Waals surface area contributed by atoms with Crippen LogP contribution in [-0.4, -0.2) is 29.4 Å². The lowest BCUT2D eigenvalue weighted by atomic mass is 10.1. The molecule has 0 saturated heterocycles. The summed E-state index contributed by atoms with van der Waals surface area (Å²) in [4.78, 5) is 16.9. The van der Waals surface area contributed by atoms with Gasteiger partial charge >= 0.3 is 5.78 Å². The molecular weight excluding hydrogens is 426 g/mol. The smallest absolute Gasteiger partial charge is 0.368 e. The Morgan fingerprint density at radius 1 is 0.971 bits per heavy atom. The summed E-state index contributed by atoms with van der Waals surface area (Å²) in [7, 11) is 3.19. The van der Waals surface area contributed by atoms with Crippen molar-refractivity contribution in [3.8, 4) is 11.5 Å². The second-order valence-corrected chi connectivity index (χ2v) is 8.10. The summed E-state index contributed by atoms with van der Waals surface area (Å²) in [6.07, 6.45) is 3.36. The number of rotatable bonds is 7. The molecule has 5 aromatic rings. The van der Waals surface area contributed by atoms with Gasteiger partial charge in [0.25, 0.3) is 0 Å². The Hall–Kier alpha value is -4.32. The molecule has 0 aliphatic carbocycles. The number of hydrogen-bond donors (Lipinski definition) is 1. The third kappa shape index (κ3) is 3.63. The molecule has 2 aromatic heterocycles. The van der Waals surface area contributed by atoms with Crippen LogP contribution in [-0.2, 0) is 6.54 Å². The monoisotopic (exact) mass is 452 g/mol. The van der Waals surface area contributed by atoms with Gasteiger partial charge in [0.2, 0.25) is 5.78 Å². The molecule has 0 amide bonds. The van der Waals surface area contributed by atoms with Crippen LogP contribution in [0.2, 0.25) is 0 Å². The van der Waals surface area contributed by atoms with Gasteiger partial charge in [0.15, 0.2) is 17.2 Å². The number of para-hydroxylation sites is 3. The minimum absolute atomic E-state index is 0.0961. The van der Waals surface area contributed by atoms with Gasteiger partial charge in [0.1, 0.15) is 16.7 Å². The maximum Gasteiger partial charge on any atom is 0.368 e. The summed E-state index contributed by atoms with van der Waals surface area (Å²) in [6, 6.07) is 24.0. The summed E-state index contributed by atoms with van der Waals surface area (Å²) in [5, 5.41) is 0. The number of methoxy groups -OCH3 is 2. The van der Waals surface area contributed by atoms with Crippen LogP contribution >= 0.6 is 0 Å². The number of aromatic amines is 1. The van der Waals surface area contributed by atoms with Crippen molar-refractivity contribution in [3.63, 3.8) is 0 Å². The number of H-pyrrole nitrogens is 1. The van der Waals surface area contributed by atoms with Crippen LogP contribution in [0.4, 0.5) is 0 Å². The molecule has 5 rings (SSSR count). The lowest BCUT2D eigenvalue weighted by Crippen LogP contribution is -2.34. The highest BCUT2D eigenvalue weighted by Gasteiger charge is 2.28. The van der Waals surface area contributed by atoms with E-state index in [4.69, 9.17) is 9.47 Å². The van der Waals surface area contributed by atoms with E-state index in [-0.39, 0.29) is 5.78 Å². The predicted octanol–water partition coefficient (Wildman–Crippen LogP) is 4.98. The van der Waals surface area contributed by atoms with E-state index in [1.807, 2.05) is 65.9 Å². The fraction of sp³-hybridized carbons (Fsp3) is 0.143. The number of carbonyl (C=O) groups is 1. The zero-order chi connectivity index (χ0) is 23.7. The van der Waals surface area contributed by atoms with Gasteiger partial charge in [-0.2, -0.15) is 4.40 Å². The van der Waals surface area contributed by atoms with E-state index in [0.29, 0.717) is 23.7 Å². The molecule has 6 nitrogen and oxygen atoms in total. The Labute approximate surface area is 197 Å². The van der Waals surface area contributed by atoms with Gasteiger partial charge in [-0.15, -0.1) is 0 Å². The summed E-state index contributed by atoms with van der Waals surface area (Å²) in [5.41, 5.74) is 5.43. The van der Waals surface area contributed by atoms with Crippen LogP contribution in [0.1, 0.15) is 27.3 Å². The highest BCUT2D eigenvalue weighted by atomic mass is 16.5. The van der Waals surface area contributed by atoms with Gasteiger partial charge in [0, 0.05) is 5.56 Å². The molecule has 34 heavy (non-hydrogen) atoms. The van der Waals surface area contributed by atoms with E-state index in [0.717, 1.165) is 28.1 Å². The molecule has 0 bridgehead atoms. The number of nitrogens with zero attached hydrogens (tertiary/aromatic N) is 2. The second kappa shape index (κ2) is 8.90. The van der Waals surface area contributed by atoms with Crippen LogP contribution < -0.4 is 14.0 Å². The highest BCUT2D eigenvalue weighted by Crippen LogP contribution is 2.31. The van der Waals surface area contributed by atoms with Gasteiger partial charge in [0.05, 0.1) is 20.8 Å². The Morgan fingerprint density at radius 2 is 1.74 bits per heavy atom. The van der Waals surface area contributed by atoms with Crippen molar-refractivity contribution in [2.24, 2.45) is 0 Å². The number of fused-ring (bicyclic) bond motifs is 3. The first kappa shape index (κ1) is 21.5. The van der Waals surface area contributed by atoms with Gasteiger partial charge in [-0.1, -0.05) is 54.6 Å². The van der Waals surface area contributed by atoms with E-state index in [2.05, 4.69) is 27.8 Å². The molecule has 0 fully saturated rings. The van der Waals surface area contributed by atoms with Crippen molar-refractivity contribution in [2.75, 3.05) is 14.2 Å². The first-order chi connectivity index (χ1) is 16.6. The average molecular weight is 453 g/mol. The van der Waals surface area contributed by atoms with Crippen LogP contribution in [0.5, 0.6) is 11.5 Å². The van der Waals surface area contributed by atoms with E-state index in [9.17, 15) is 4.79 Å². The van der Waals surface area contributed by atoms with Crippen LogP contribution in [0, 0.1) is 6.92 Å². The third-order valence-electron chi connectivity index (χ3n) is 6.02. The maximum atomic E-state index is 13.5. The SMILES string of the molecule is COc1cccc(/C=C/C(=O)c2c(C)[nH]c3n2c2ccccc2[n+]3Cc2ccccc2)c1OC. The molecule has 6 heteroatoms. The van der Waals surface area contributed by atoms with Gasteiger partial charge in [-0.05, 0) is 42.8 Å². The number of hydrogen-bond acceptors (Lipinski definition) is 3. The highest BCUT2D eigenvalue weighted by molar-refractivity contribution is 6.07. The topological polar surface area (TPSA) is 59.6 Å². The zero-order valence-electron chi connectivity index (χ0n) is 19.4. The summed E-state index contributed by atoms with van der Waals surface area (Å²) in [5.74, 6) is 1.99. The fourth-order valence-electron chi connectivity index (χ4n) is 4.48. The van der Waals surface area contributed by atoms with Crippen molar-refractivity contribution in [2.45, 2.75) is 13.5 Å². The number of ketones is 1. The fourth-order valence-corrected chi connectivity index (χ4v) is 4.48. The van der Waals surface area contributed by atoms with Crippen LogP contribution in [0.3, 0.4) is 0 Å². The third-order valence-corrected chi connectivity index (χ3v) is 6.02. The quantitative estimate of drug-likeness (QED) is 0.215. The molecule has 0 atom stereocenters. The van der Waals surface area contributed by atoms with Crippen molar-refractivity contribution >= 4 is 28.7 Å². The Morgan fingerprint density at radius 3 is 2.50 bits per heavy atom. The van der Waals surface area contributed by atoms with Crippen molar-refractivity contribution in [1.29, 1.82) is 0 Å². The largest absolute Gasteiger partial charge is 0.493 e. The van der Waals surface area contributed by atoms with E-state index >= 15 is 0 Å². The number of benzene rings is 3. The number of aryl methyl sites for hydroxylation is 1. The molecular formula is C28H26N3O3+. The summed E-state index contributed by atoms with van der Waals surface area (Å²) in [6.45, 7) is 2.63. The molecule has 0 unspecified atom stereocenters. The summed E-state index contributed by atoms with van der Waals surface area (Å²) >= 11 is 0. The van der Waals surface area contributed by atoms with Crippen molar-refractivity contribution in [1.82, 2.24) is 9.38 Å². The molecule has 0 radical (unpaired) electrons. The molecule has 0 aliphatic heterocycles. The molecule has 2 heterocycles. The molecule has 3 aromatic carbocycles.